The molecule has 0 radical (unpaired) electrons. The van der Waals surface area contributed by atoms with E-state index in [0.717, 1.165) is 12.5 Å². The van der Waals surface area contributed by atoms with Crippen LogP contribution in [0.3, 0.4) is 0 Å². The standard InChI is InChI=1S/C6H18N2O2Si/c1-9-11(2,10-6-8)5-3-4-7/h3-8H2,1-2H3. The van der Waals surface area contributed by atoms with Gasteiger partial charge >= 0.3 is 8.56 Å². The highest BCUT2D eigenvalue weighted by atomic mass is 28.4. The lowest BCUT2D eigenvalue weighted by molar-refractivity contribution is 0.209. The highest BCUT2D eigenvalue weighted by Gasteiger charge is 2.28. The van der Waals surface area contributed by atoms with Gasteiger partial charge in [0.1, 0.15) is 0 Å². The second kappa shape index (κ2) is 5.67. The molecular formula is C6H18N2O2Si. The van der Waals surface area contributed by atoms with Gasteiger partial charge < -0.3 is 20.3 Å². The monoisotopic (exact) mass is 178 g/mol. The molecular weight excluding hydrogens is 160 g/mol. The molecule has 0 aromatic carbocycles. The third-order valence-electron chi connectivity index (χ3n) is 1.66. The Hall–Kier alpha value is 0.0569. The Kier molecular flexibility index (Phi) is 5.70. The summed E-state index contributed by atoms with van der Waals surface area (Å²) in [4.78, 5) is 0. The van der Waals surface area contributed by atoms with E-state index >= 15 is 0 Å². The van der Waals surface area contributed by atoms with Crippen LogP contribution in [0.2, 0.25) is 12.6 Å². The molecule has 0 saturated heterocycles. The fourth-order valence-corrected chi connectivity index (χ4v) is 2.50. The lowest BCUT2D eigenvalue weighted by Gasteiger charge is -2.23. The molecule has 0 saturated carbocycles. The van der Waals surface area contributed by atoms with Crippen LogP contribution in [0, 0.1) is 0 Å². The Labute approximate surface area is 69.1 Å². The van der Waals surface area contributed by atoms with Crippen molar-refractivity contribution in [2.24, 2.45) is 11.5 Å². The van der Waals surface area contributed by atoms with Crippen molar-refractivity contribution in [1.29, 1.82) is 0 Å². The van der Waals surface area contributed by atoms with E-state index in [9.17, 15) is 0 Å². The first kappa shape index (κ1) is 11.1. The zero-order chi connectivity index (χ0) is 8.74. The van der Waals surface area contributed by atoms with Gasteiger partial charge in [-0.3, -0.25) is 0 Å². The van der Waals surface area contributed by atoms with Crippen molar-refractivity contribution >= 4 is 8.56 Å². The van der Waals surface area contributed by atoms with Gasteiger partial charge in [-0.25, -0.2) is 0 Å². The number of rotatable bonds is 6. The lowest BCUT2D eigenvalue weighted by Crippen LogP contribution is -2.39. The van der Waals surface area contributed by atoms with E-state index < -0.39 is 8.56 Å². The Balaban J connectivity index is 3.68. The highest BCUT2D eigenvalue weighted by Crippen LogP contribution is 2.12. The number of nitrogens with two attached hydrogens (primary N) is 2. The summed E-state index contributed by atoms with van der Waals surface area (Å²) in [7, 11) is -0.284. The highest BCUT2D eigenvalue weighted by molar-refractivity contribution is 6.65. The zero-order valence-electron chi connectivity index (χ0n) is 7.30. The van der Waals surface area contributed by atoms with E-state index in [-0.39, 0.29) is 6.73 Å². The summed E-state index contributed by atoms with van der Waals surface area (Å²) >= 11 is 0. The van der Waals surface area contributed by atoms with Crippen LogP contribution >= 0.6 is 0 Å². The maximum absolute atomic E-state index is 5.37. The van der Waals surface area contributed by atoms with E-state index in [1.807, 2.05) is 6.55 Å². The normalized spacial score (nSPS) is 16.4. The molecule has 4 nitrogen and oxygen atoms in total. The van der Waals surface area contributed by atoms with Crippen LogP contribution < -0.4 is 11.5 Å². The molecule has 0 rings (SSSR count). The summed E-state index contributed by atoms with van der Waals surface area (Å²) in [5, 5.41) is 0. The van der Waals surface area contributed by atoms with E-state index in [0.29, 0.717) is 6.54 Å². The van der Waals surface area contributed by atoms with Gasteiger partial charge in [-0.2, -0.15) is 0 Å². The lowest BCUT2D eigenvalue weighted by atomic mass is 10.5. The first-order chi connectivity index (χ1) is 5.18. The molecule has 0 aliphatic carbocycles. The van der Waals surface area contributed by atoms with Gasteiger partial charge in [0.05, 0.1) is 6.73 Å². The summed E-state index contributed by atoms with van der Waals surface area (Å²) in [5.41, 5.74) is 10.6. The Morgan fingerprint density at radius 3 is 2.36 bits per heavy atom. The smallest absolute Gasteiger partial charge is 0.335 e. The van der Waals surface area contributed by atoms with Gasteiger partial charge in [0, 0.05) is 7.11 Å². The fourth-order valence-electron chi connectivity index (χ4n) is 0.833. The molecule has 0 spiro atoms. The molecule has 1 atom stereocenters. The third kappa shape index (κ3) is 4.49. The van der Waals surface area contributed by atoms with Crippen molar-refractivity contribution in [3.8, 4) is 0 Å². The summed E-state index contributed by atoms with van der Waals surface area (Å²) < 4.78 is 10.6. The summed E-state index contributed by atoms with van der Waals surface area (Å²) in [6, 6.07) is 0.914. The molecule has 0 bridgehead atoms. The zero-order valence-corrected chi connectivity index (χ0v) is 8.30. The first-order valence-corrected chi connectivity index (χ1v) is 6.30. The molecule has 4 N–H and O–H groups in total. The molecule has 0 aliphatic rings. The second-order valence-electron chi connectivity index (χ2n) is 2.54. The topological polar surface area (TPSA) is 70.5 Å². The average molecular weight is 178 g/mol. The SMILES string of the molecule is CO[Si](C)(CCCN)OCN. The maximum atomic E-state index is 5.37. The Morgan fingerprint density at radius 2 is 2.00 bits per heavy atom. The van der Waals surface area contributed by atoms with Gasteiger partial charge in [0.15, 0.2) is 0 Å². The Bertz CT molecular complexity index is 105. The summed E-state index contributed by atoms with van der Waals surface area (Å²) in [6.07, 6.45) is 0.941. The van der Waals surface area contributed by atoms with Gasteiger partial charge in [-0.15, -0.1) is 0 Å². The van der Waals surface area contributed by atoms with Gasteiger partial charge in [0.25, 0.3) is 0 Å². The van der Waals surface area contributed by atoms with E-state index in [1.165, 1.54) is 0 Å². The largest absolute Gasteiger partial charge is 0.398 e. The quantitative estimate of drug-likeness (QED) is 0.443. The number of hydrogen-bond acceptors (Lipinski definition) is 4. The molecule has 5 heteroatoms. The van der Waals surface area contributed by atoms with Crippen molar-refractivity contribution < 1.29 is 8.85 Å². The molecule has 11 heavy (non-hydrogen) atoms. The minimum Gasteiger partial charge on any atom is -0.398 e. The molecule has 0 aromatic heterocycles. The summed E-state index contributed by atoms with van der Waals surface area (Å²) in [6.45, 7) is 2.91. The predicted octanol–water partition coefficient (Wildman–Crippen LogP) is -0.0136. The van der Waals surface area contributed by atoms with Crippen LogP contribution in [0.4, 0.5) is 0 Å². The molecule has 0 aliphatic heterocycles. The molecule has 0 aromatic rings. The van der Waals surface area contributed by atoms with Crippen molar-refractivity contribution in [3.63, 3.8) is 0 Å². The maximum Gasteiger partial charge on any atom is 0.335 e. The van der Waals surface area contributed by atoms with Crippen LogP contribution in [0.15, 0.2) is 0 Å². The van der Waals surface area contributed by atoms with Crippen molar-refractivity contribution in [2.75, 3.05) is 20.4 Å². The Morgan fingerprint density at radius 1 is 1.36 bits per heavy atom. The van der Waals surface area contributed by atoms with Gasteiger partial charge in [0.2, 0.25) is 0 Å². The van der Waals surface area contributed by atoms with Crippen LogP contribution in [0.5, 0.6) is 0 Å². The van der Waals surface area contributed by atoms with E-state index in [1.54, 1.807) is 7.11 Å². The fraction of sp³-hybridized carbons (Fsp3) is 1.00. The van der Waals surface area contributed by atoms with Gasteiger partial charge in [-0.1, -0.05) is 0 Å². The summed E-state index contributed by atoms with van der Waals surface area (Å²) in [5.74, 6) is 0. The number of hydrogen-bond donors (Lipinski definition) is 2. The van der Waals surface area contributed by atoms with Gasteiger partial charge in [-0.05, 0) is 25.6 Å². The molecule has 0 fully saturated rings. The van der Waals surface area contributed by atoms with Crippen molar-refractivity contribution in [2.45, 2.75) is 19.0 Å². The van der Waals surface area contributed by atoms with Crippen LogP contribution in [-0.4, -0.2) is 28.9 Å². The van der Waals surface area contributed by atoms with Crippen LogP contribution in [-0.2, 0) is 8.85 Å². The second-order valence-corrected chi connectivity index (χ2v) is 6.01. The minimum atomic E-state index is -1.95. The third-order valence-corrected chi connectivity index (χ3v) is 4.56. The first-order valence-electron chi connectivity index (χ1n) is 3.78. The average Bonchev–Trinajstić information content (AvgIpc) is 2.02. The molecule has 0 amide bonds. The van der Waals surface area contributed by atoms with Crippen molar-refractivity contribution in [3.05, 3.63) is 0 Å². The van der Waals surface area contributed by atoms with E-state index in [4.69, 9.17) is 20.3 Å². The van der Waals surface area contributed by atoms with Crippen molar-refractivity contribution in [1.82, 2.24) is 0 Å². The minimum absolute atomic E-state index is 0.237. The molecule has 68 valence electrons. The predicted molar refractivity (Wildman–Crippen MR) is 47.2 cm³/mol. The van der Waals surface area contributed by atoms with Crippen LogP contribution in [0.25, 0.3) is 0 Å². The van der Waals surface area contributed by atoms with E-state index in [2.05, 4.69) is 0 Å². The molecule has 1 unspecified atom stereocenters. The molecule has 0 heterocycles. The van der Waals surface area contributed by atoms with Crippen LogP contribution in [0.1, 0.15) is 6.42 Å².